The van der Waals surface area contributed by atoms with Crippen LogP contribution >= 0.6 is 0 Å². The third kappa shape index (κ3) is 14.7. The van der Waals surface area contributed by atoms with Crippen LogP contribution in [0.5, 0.6) is 23.0 Å². The summed E-state index contributed by atoms with van der Waals surface area (Å²) in [4.78, 5) is 2.90. The van der Waals surface area contributed by atoms with Crippen molar-refractivity contribution in [3.05, 3.63) is 95.1 Å². The second-order valence-electron chi connectivity index (χ2n) is 13.5. The van der Waals surface area contributed by atoms with E-state index >= 15 is 0 Å². The third-order valence-electron chi connectivity index (χ3n) is 8.99. The lowest BCUT2D eigenvalue weighted by Gasteiger charge is -2.19. The predicted octanol–water partition coefficient (Wildman–Crippen LogP) is 14.9. The van der Waals surface area contributed by atoms with Gasteiger partial charge in [0.05, 0.1) is 30.9 Å². The Kier molecular flexibility index (Phi) is 19.9. The molecule has 0 heterocycles. The van der Waals surface area contributed by atoms with E-state index in [0.717, 1.165) is 81.1 Å². The number of hydrogen-bond donors (Lipinski definition) is 0. The van der Waals surface area contributed by atoms with Gasteiger partial charge in [-0.2, -0.15) is 13.2 Å². The van der Waals surface area contributed by atoms with Gasteiger partial charge >= 0.3 is 6.18 Å². The third-order valence-corrected chi connectivity index (χ3v) is 8.99. The molecule has 4 rings (SSSR count). The topological polar surface area (TPSA) is 36.9 Å². The van der Waals surface area contributed by atoms with Crippen molar-refractivity contribution in [2.75, 3.05) is 19.8 Å². The Hall–Kier alpha value is -4.55. The first-order chi connectivity index (χ1) is 27.4. The van der Waals surface area contributed by atoms with Gasteiger partial charge in [-0.05, 0) is 48.1 Å². The Morgan fingerprint density at radius 3 is 1.33 bits per heavy atom. The summed E-state index contributed by atoms with van der Waals surface area (Å²) in [6, 6.07) is 13.9. The molecule has 0 saturated heterocycles. The van der Waals surface area contributed by atoms with Crippen molar-refractivity contribution < 1.29 is 58.8 Å². The predicted molar refractivity (Wildman–Crippen MR) is 204 cm³/mol. The summed E-state index contributed by atoms with van der Waals surface area (Å²) in [5.74, 6) is -4.47. The summed E-state index contributed by atoms with van der Waals surface area (Å²) in [6.07, 6.45) is 8.06. The summed E-state index contributed by atoms with van der Waals surface area (Å²) in [5.41, 5.74) is 0.0638. The van der Waals surface area contributed by atoms with Gasteiger partial charge in [-0.1, -0.05) is 103 Å². The van der Waals surface area contributed by atoms with Gasteiger partial charge in [0.1, 0.15) is 52.8 Å². The van der Waals surface area contributed by atoms with E-state index in [1.54, 1.807) is 0 Å². The van der Waals surface area contributed by atoms with Crippen molar-refractivity contribution in [2.24, 2.45) is 0 Å². The Morgan fingerprint density at radius 1 is 0.491 bits per heavy atom. The maximum absolute atomic E-state index is 14.3. The molecule has 4 nitrogen and oxygen atoms in total. The molecule has 0 aliphatic rings. The van der Waals surface area contributed by atoms with E-state index in [1.165, 1.54) is 25.0 Å². The average molecular weight is 815 g/mol. The molecule has 4 aromatic carbocycles. The van der Waals surface area contributed by atoms with Crippen LogP contribution in [-0.4, -0.2) is 19.8 Å². The zero-order valence-corrected chi connectivity index (χ0v) is 32.6. The molecule has 0 unspecified atom stereocenters. The van der Waals surface area contributed by atoms with E-state index in [-0.39, 0.29) is 12.1 Å². The molecule has 314 valence electrons. The quantitative estimate of drug-likeness (QED) is 0.0585. The van der Waals surface area contributed by atoms with Crippen molar-refractivity contribution >= 4 is 0 Å². The average Bonchev–Trinajstić information content (AvgIpc) is 3.17. The van der Waals surface area contributed by atoms with Gasteiger partial charge in [0.15, 0.2) is 5.75 Å². The van der Waals surface area contributed by atoms with Crippen LogP contribution in [0.2, 0.25) is 0 Å². The minimum absolute atomic E-state index is 0.103. The molecule has 0 aliphatic heterocycles. The fourth-order valence-electron chi connectivity index (χ4n) is 5.89. The highest BCUT2D eigenvalue weighted by molar-refractivity contribution is 5.80. The zero-order chi connectivity index (χ0) is 41.8. The fourth-order valence-corrected chi connectivity index (χ4v) is 5.89. The maximum atomic E-state index is 14.3. The van der Waals surface area contributed by atoms with E-state index in [2.05, 4.69) is 25.7 Å². The molecule has 0 aromatic heterocycles. The second kappa shape index (κ2) is 24.3. The van der Waals surface area contributed by atoms with Crippen LogP contribution in [0, 0.1) is 23.3 Å². The fraction of sp³-hybridized carbons (Fsp3) is 0.455. The Bertz CT molecular complexity index is 1710. The van der Waals surface area contributed by atoms with Gasteiger partial charge < -0.3 is 14.2 Å². The van der Waals surface area contributed by atoms with Crippen molar-refractivity contribution in [3.63, 3.8) is 0 Å². The molecule has 0 aliphatic carbocycles. The molecule has 0 amide bonds. The first-order valence-electron chi connectivity index (χ1n) is 19.4. The SMILES string of the molecule is CCCCCCOc1cc(OCCCCCC)c(-c2ccc(-c3cc(F)c(CF)c(F)c3)cc2)c(OCCCCCC)c1.FOc1cc(F)c(C(F)(F)F)c(F)c1. The van der Waals surface area contributed by atoms with E-state index in [1.807, 2.05) is 36.4 Å². The number of unbranched alkanes of at least 4 members (excludes halogenated alkanes) is 9. The van der Waals surface area contributed by atoms with Crippen LogP contribution < -0.4 is 19.2 Å². The number of ether oxygens (including phenoxy) is 3. The number of rotatable bonds is 22. The van der Waals surface area contributed by atoms with Crippen LogP contribution in [0.3, 0.4) is 0 Å². The lowest BCUT2D eigenvalue weighted by atomic mass is 9.98. The molecule has 0 bridgehead atoms. The summed E-state index contributed by atoms with van der Waals surface area (Å²) in [5, 5.41) is 0. The molecule has 0 atom stereocenters. The summed E-state index contributed by atoms with van der Waals surface area (Å²) < 4.78 is 133. The van der Waals surface area contributed by atoms with E-state index in [0.29, 0.717) is 42.4 Å². The monoisotopic (exact) mass is 814 g/mol. The van der Waals surface area contributed by atoms with Crippen LogP contribution in [0.1, 0.15) is 109 Å². The Morgan fingerprint density at radius 2 is 0.930 bits per heavy atom. The molecule has 0 radical (unpaired) electrons. The van der Waals surface area contributed by atoms with E-state index < -0.39 is 53.0 Å². The smallest absolute Gasteiger partial charge is 0.422 e. The Labute approximate surface area is 329 Å². The minimum atomic E-state index is -5.16. The number of alkyl halides is 4. The molecule has 0 spiro atoms. The van der Waals surface area contributed by atoms with Crippen molar-refractivity contribution in [3.8, 4) is 45.3 Å². The van der Waals surface area contributed by atoms with Gasteiger partial charge in [-0.15, -0.1) is 0 Å². The molecular formula is C44H51F9O4. The molecule has 4 aromatic rings. The number of halogens is 9. The normalized spacial score (nSPS) is 11.2. The molecule has 0 fully saturated rings. The van der Waals surface area contributed by atoms with Crippen LogP contribution in [0.4, 0.5) is 39.6 Å². The van der Waals surface area contributed by atoms with E-state index in [4.69, 9.17) is 14.2 Å². The van der Waals surface area contributed by atoms with Crippen molar-refractivity contribution in [1.82, 2.24) is 0 Å². The zero-order valence-electron chi connectivity index (χ0n) is 32.6. The number of benzene rings is 4. The molecule has 0 N–H and O–H groups in total. The summed E-state index contributed by atoms with van der Waals surface area (Å²) >= 11 is 0. The highest BCUT2D eigenvalue weighted by Crippen LogP contribution is 2.43. The van der Waals surface area contributed by atoms with Gasteiger partial charge in [-0.25, -0.2) is 22.0 Å². The lowest BCUT2D eigenvalue weighted by Crippen LogP contribution is -2.11. The van der Waals surface area contributed by atoms with Crippen LogP contribution in [-0.2, 0) is 12.9 Å². The van der Waals surface area contributed by atoms with E-state index in [9.17, 15) is 39.6 Å². The van der Waals surface area contributed by atoms with Gasteiger partial charge in [0, 0.05) is 28.8 Å². The molecular weight excluding hydrogens is 763 g/mol. The van der Waals surface area contributed by atoms with Crippen molar-refractivity contribution in [1.29, 1.82) is 0 Å². The maximum Gasteiger partial charge on any atom is 0.422 e. The minimum Gasteiger partial charge on any atom is -0.493 e. The molecule has 57 heavy (non-hydrogen) atoms. The molecule has 13 heteroatoms. The first-order valence-corrected chi connectivity index (χ1v) is 19.4. The van der Waals surface area contributed by atoms with Gasteiger partial charge in [0.2, 0.25) is 0 Å². The first kappa shape index (κ1) is 46.8. The van der Waals surface area contributed by atoms with Gasteiger partial charge in [0.25, 0.3) is 0 Å². The highest BCUT2D eigenvalue weighted by Gasteiger charge is 2.38. The lowest BCUT2D eigenvalue weighted by molar-refractivity contribution is -0.142. The Balaban J connectivity index is 0.000000522. The van der Waals surface area contributed by atoms with Crippen LogP contribution in [0.15, 0.2) is 60.7 Å². The van der Waals surface area contributed by atoms with Crippen molar-refractivity contribution in [2.45, 2.75) is 111 Å². The summed E-state index contributed by atoms with van der Waals surface area (Å²) in [6.45, 7) is 7.19. The molecule has 0 saturated carbocycles. The largest absolute Gasteiger partial charge is 0.493 e. The second-order valence-corrected chi connectivity index (χ2v) is 13.5. The van der Waals surface area contributed by atoms with Crippen LogP contribution in [0.25, 0.3) is 22.3 Å². The highest BCUT2D eigenvalue weighted by atomic mass is 19.4. The number of hydrogen-bond acceptors (Lipinski definition) is 4. The standard InChI is InChI=1S/C37H49F3O3.C7H2F6O/c1-4-7-10-13-20-41-31-25-35(42-21-14-11-8-5-2)37(36(26-31)43-22-15-12-9-6-3)29-18-16-28(17-19-29)30-23-33(39)32(27-38)34(40)24-30;8-4-1-3(14-13)2-5(9)6(4)7(10,11)12/h16-19,23-26H,4-15,20-22,27H2,1-3H3;1-2H. The summed E-state index contributed by atoms with van der Waals surface area (Å²) in [7, 11) is 0. The van der Waals surface area contributed by atoms with Gasteiger partial charge in [-0.3, -0.25) is 4.94 Å².